The van der Waals surface area contributed by atoms with Crippen molar-refractivity contribution in [2.24, 2.45) is 10.1 Å². The summed E-state index contributed by atoms with van der Waals surface area (Å²) in [6.07, 6.45) is 2.64. The molecule has 1 aromatic carbocycles. The number of fused-ring (bicyclic) bond motifs is 1. The first-order chi connectivity index (χ1) is 14.1. The van der Waals surface area contributed by atoms with Crippen LogP contribution in [0.4, 0.5) is 0 Å². The molecule has 10 heteroatoms. The van der Waals surface area contributed by atoms with Gasteiger partial charge in [-0.3, -0.25) is 10.2 Å². The number of rotatable bonds is 2. The molecule has 4 rings (SSSR count). The van der Waals surface area contributed by atoms with Crippen molar-refractivity contribution >= 4 is 49.0 Å². The van der Waals surface area contributed by atoms with Crippen LogP contribution in [-0.2, 0) is 14.6 Å². The number of aliphatic imine (C=N–C) groups is 1. The number of amidine groups is 2. The lowest BCUT2D eigenvalue weighted by Crippen LogP contribution is -2.35. The predicted molar refractivity (Wildman–Crippen MR) is 120 cm³/mol. The maximum absolute atomic E-state index is 12.6. The highest BCUT2D eigenvalue weighted by Crippen LogP contribution is 2.31. The van der Waals surface area contributed by atoms with Gasteiger partial charge in [0.05, 0.1) is 5.57 Å². The number of nitrogens with one attached hydrogen (secondary N) is 1. The number of aryl methyl sites for hydroxylation is 2. The molecular weight excluding hydrogens is 422 g/mol. The third kappa shape index (κ3) is 3.41. The Bertz CT molecular complexity index is 1320. The van der Waals surface area contributed by atoms with Crippen LogP contribution in [0.15, 0.2) is 46.0 Å². The highest BCUT2D eigenvalue weighted by Gasteiger charge is 2.38. The number of carbonyl (C=O) groups excluding carboxylic acids is 1. The standard InChI is InChI=1S/C20H19N5O3S2/c1-11-6-5-7-15(8-11)24-12(2)9-14(13(24)3)10-16-17(21)25-19(22-18(16)26)29-20(23-25)30(4,27)28/h5-10,21H,1-4H3/b16-10-,21-17?. The van der Waals surface area contributed by atoms with Crippen LogP contribution in [0.3, 0.4) is 0 Å². The summed E-state index contributed by atoms with van der Waals surface area (Å²) in [6.45, 7) is 5.94. The van der Waals surface area contributed by atoms with Crippen molar-refractivity contribution in [1.29, 1.82) is 5.41 Å². The van der Waals surface area contributed by atoms with E-state index in [1.165, 1.54) is 0 Å². The van der Waals surface area contributed by atoms with Gasteiger partial charge in [-0.15, -0.1) is 5.10 Å². The van der Waals surface area contributed by atoms with E-state index >= 15 is 0 Å². The molecule has 0 spiro atoms. The molecule has 30 heavy (non-hydrogen) atoms. The normalized spacial score (nSPS) is 18.0. The second-order valence-corrected chi connectivity index (χ2v) is 10.3. The molecule has 2 aliphatic heterocycles. The number of sulfone groups is 1. The van der Waals surface area contributed by atoms with E-state index in [2.05, 4.69) is 20.7 Å². The lowest BCUT2D eigenvalue weighted by atomic mass is 10.1. The van der Waals surface area contributed by atoms with Crippen molar-refractivity contribution in [2.45, 2.75) is 20.8 Å². The monoisotopic (exact) mass is 441 g/mol. The zero-order valence-corrected chi connectivity index (χ0v) is 18.4. The molecule has 0 aliphatic carbocycles. The fourth-order valence-corrected chi connectivity index (χ4v) is 5.06. The quantitative estimate of drug-likeness (QED) is 0.721. The third-order valence-corrected chi connectivity index (χ3v) is 7.36. The molecule has 0 unspecified atom stereocenters. The molecule has 0 fully saturated rings. The number of aromatic nitrogens is 1. The number of benzene rings is 1. The first-order valence-electron chi connectivity index (χ1n) is 9.02. The van der Waals surface area contributed by atoms with Gasteiger partial charge in [0.15, 0.2) is 5.84 Å². The number of amides is 1. The van der Waals surface area contributed by atoms with Crippen molar-refractivity contribution in [3.8, 4) is 5.69 Å². The van der Waals surface area contributed by atoms with Gasteiger partial charge in [0, 0.05) is 23.3 Å². The summed E-state index contributed by atoms with van der Waals surface area (Å²) < 4.78 is 25.4. The van der Waals surface area contributed by atoms with E-state index in [4.69, 9.17) is 5.41 Å². The van der Waals surface area contributed by atoms with E-state index in [1.807, 2.05) is 45.0 Å². The van der Waals surface area contributed by atoms with Crippen LogP contribution in [0, 0.1) is 26.2 Å². The largest absolute Gasteiger partial charge is 0.318 e. The van der Waals surface area contributed by atoms with Gasteiger partial charge >= 0.3 is 0 Å². The number of nitrogens with zero attached hydrogens (tertiary/aromatic N) is 4. The Hall–Kier alpha value is -2.98. The average molecular weight is 442 g/mol. The van der Waals surface area contributed by atoms with E-state index in [9.17, 15) is 13.2 Å². The minimum Gasteiger partial charge on any atom is -0.318 e. The Morgan fingerprint density at radius 1 is 1.17 bits per heavy atom. The molecule has 0 saturated carbocycles. The van der Waals surface area contributed by atoms with Gasteiger partial charge in [0.25, 0.3) is 5.91 Å². The highest BCUT2D eigenvalue weighted by atomic mass is 32.3. The van der Waals surface area contributed by atoms with Crippen LogP contribution < -0.4 is 0 Å². The SMILES string of the molecule is Cc1cccc(-n2c(C)cc(/C=C3/C(=N)N4N=C(S(C)(=O)=O)SC4=NC3=O)c2C)c1. The van der Waals surface area contributed by atoms with Crippen molar-refractivity contribution in [2.75, 3.05) is 6.26 Å². The smallest absolute Gasteiger partial charge is 0.283 e. The van der Waals surface area contributed by atoms with Gasteiger partial charge in [-0.05, 0) is 67.9 Å². The summed E-state index contributed by atoms with van der Waals surface area (Å²) in [5.41, 5.74) is 4.88. The fourth-order valence-electron chi connectivity index (χ4n) is 3.38. The Balaban J connectivity index is 1.76. The molecule has 0 bridgehead atoms. The van der Waals surface area contributed by atoms with Gasteiger partial charge in [-0.2, -0.15) is 10.0 Å². The number of hydrogen-bond acceptors (Lipinski definition) is 6. The molecule has 3 heterocycles. The van der Waals surface area contributed by atoms with Crippen LogP contribution in [-0.4, -0.2) is 45.5 Å². The van der Waals surface area contributed by atoms with Gasteiger partial charge in [0.2, 0.25) is 19.4 Å². The van der Waals surface area contributed by atoms with E-state index in [1.54, 1.807) is 6.08 Å². The molecular formula is C20H19N5O3S2. The summed E-state index contributed by atoms with van der Waals surface area (Å²) in [7, 11) is -3.56. The number of carbonyl (C=O) groups is 1. The van der Waals surface area contributed by atoms with Crippen LogP contribution in [0.5, 0.6) is 0 Å². The van der Waals surface area contributed by atoms with E-state index in [0.717, 1.165) is 51.2 Å². The summed E-state index contributed by atoms with van der Waals surface area (Å²) in [4.78, 5) is 16.5. The summed E-state index contributed by atoms with van der Waals surface area (Å²) in [6, 6.07) is 10.0. The van der Waals surface area contributed by atoms with Gasteiger partial charge < -0.3 is 4.57 Å². The minimum atomic E-state index is -3.56. The number of hydrazone groups is 1. The Kier molecular flexibility index (Phi) is 4.78. The number of hydrogen-bond donors (Lipinski definition) is 1. The Morgan fingerprint density at radius 2 is 1.90 bits per heavy atom. The summed E-state index contributed by atoms with van der Waals surface area (Å²) in [5.74, 6) is -0.791. The van der Waals surface area contributed by atoms with Gasteiger partial charge in [-0.25, -0.2) is 8.42 Å². The molecule has 1 N–H and O–H groups in total. The maximum atomic E-state index is 12.6. The first kappa shape index (κ1) is 20.3. The second kappa shape index (κ2) is 7.06. The second-order valence-electron chi connectivity index (χ2n) is 7.16. The third-order valence-electron chi connectivity index (χ3n) is 4.78. The zero-order valence-electron chi connectivity index (χ0n) is 16.8. The van der Waals surface area contributed by atoms with Crippen LogP contribution in [0.25, 0.3) is 11.8 Å². The minimum absolute atomic E-state index is 0.0577. The van der Waals surface area contributed by atoms with Gasteiger partial charge in [-0.1, -0.05) is 12.1 Å². The summed E-state index contributed by atoms with van der Waals surface area (Å²) >= 11 is 0.771. The molecule has 1 aromatic heterocycles. The lowest BCUT2D eigenvalue weighted by molar-refractivity contribution is -0.114. The van der Waals surface area contributed by atoms with Crippen molar-refractivity contribution in [3.63, 3.8) is 0 Å². The molecule has 0 radical (unpaired) electrons. The number of thioether (sulfide) groups is 1. The highest BCUT2D eigenvalue weighted by molar-refractivity contribution is 8.42. The summed E-state index contributed by atoms with van der Waals surface area (Å²) in [5, 5.41) is 13.5. The zero-order chi connectivity index (χ0) is 21.8. The van der Waals surface area contributed by atoms with Crippen molar-refractivity contribution in [1.82, 2.24) is 9.58 Å². The molecule has 154 valence electrons. The first-order valence-corrected chi connectivity index (χ1v) is 11.7. The maximum Gasteiger partial charge on any atom is 0.283 e. The molecule has 8 nitrogen and oxygen atoms in total. The lowest BCUT2D eigenvalue weighted by Gasteiger charge is -2.20. The molecule has 0 saturated heterocycles. The van der Waals surface area contributed by atoms with Crippen molar-refractivity contribution < 1.29 is 13.2 Å². The topological polar surface area (TPSA) is 108 Å². The molecule has 2 aromatic rings. The van der Waals surface area contributed by atoms with Crippen LogP contribution >= 0.6 is 11.8 Å². The van der Waals surface area contributed by atoms with E-state index in [-0.39, 0.29) is 21.0 Å². The fraction of sp³-hybridized carbons (Fsp3) is 0.200. The average Bonchev–Trinajstić information content (AvgIpc) is 3.20. The van der Waals surface area contributed by atoms with Gasteiger partial charge in [0.1, 0.15) is 0 Å². The van der Waals surface area contributed by atoms with Crippen molar-refractivity contribution in [3.05, 3.63) is 58.4 Å². The van der Waals surface area contributed by atoms with Crippen LogP contribution in [0.1, 0.15) is 22.5 Å². The molecule has 0 atom stereocenters. The Labute approximate surface area is 178 Å². The van der Waals surface area contributed by atoms with E-state index in [0.29, 0.717) is 0 Å². The molecule has 1 amide bonds. The predicted octanol–water partition coefficient (Wildman–Crippen LogP) is 3.02. The molecule has 2 aliphatic rings. The Morgan fingerprint density at radius 3 is 2.57 bits per heavy atom. The van der Waals surface area contributed by atoms with Crippen LogP contribution in [0.2, 0.25) is 0 Å². The van der Waals surface area contributed by atoms with E-state index < -0.39 is 15.7 Å².